The first kappa shape index (κ1) is 15.1. The van der Waals surface area contributed by atoms with E-state index in [0.717, 1.165) is 23.3 Å². The summed E-state index contributed by atoms with van der Waals surface area (Å²) in [6.07, 6.45) is 2.01. The predicted octanol–water partition coefficient (Wildman–Crippen LogP) is 2.85. The first-order chi connectivity index (χ1) is 10.7. The number of urea groups is 1. The molecule has 0 bridgehead atoms. The molecule has 1 aliphatic rings. The summed E-state index contributed by atoms with van der Waals surface area (Å²) in [5.41, 5.74) is -0.0994. The highest BCUT2D eigenvalue weighted by molar-refractivity contribution is 7.09. The summed E-state index contributed by atoms with van der Waals surface area (Å²) < 4.78 is 0. The molecule has 1 heterocycles. The first-order valence-corrected chi connectivity index (χ1v) is 8.38. The van der Waals surface area contributed by atoms with Crippen molar-refractivity contribution in [3.8, 4) is 0 Å². The molecule has 1 aromatic carbocycles. The Morgan fingerprint density at radius 2 is 1.95 bits per heavy atom. The Balaban J connectivity index is 1.57. The SMILES string of the molecule is O=C(NCc1cccs1)NCC(O)(c1ccccc1)C1CC1. The Morgan fingerprint density at radius 1 is 1.18 bits per heavy atom. The molecule has 0 aliphatic heterocycles. The molecule has 116 valence electrons. The highest BCUT2D eigenvalue weighted by atomic mass is 32.1. The normalized spacial score (nSPS) is 16.8. The second-order valence-corrected chi connectivity index (χ2v) is 6.71. The second-order valence-electron chi connectivity index (χ2n) is 5.68. The Kier molecular flexibility index (Phi) is 4.45. The van der Waals surface area contributed by atoms with Gasteiger partial charge in [0.05, 0.1) is 13.1 Å². The van der Waals surface area contributed by atoms with Crippen LogP contribution < -0.4 is 10.6 Å². The van der Waals surface area contributed by atoms with Crippen molar-refractivity contribution in [2.24, 2.45) is 5.92 Å². The van der Waals surface area contributed by atoms with Gasteiger partial charge < -0.3 is 15.7 Å². The minimum atomic E-state index is -0.971. The molecule has 1 atom stereocenters. The van der Waals surface area contributed by atoms with Crippen LogP contribution in [-0.4, -0.2) is 17.7 Å². The minimum Gasteiger partial charge on any atom is -0.383 e. The smallest absolute Gasteiger partial charge is 0.315 e. The third kappa shape index (κ3) is 3.48. The summed E-state index contributed by atoms with van der Waals surface area (Å²) in [5, 5.41) is 18.6. The highest BCUT2D eigenvalue weighted by Gasteiger charge is 2.45. The zero-order valence-electron chi connectivity index (χ0n) is 12.3. The lowest BCUT2D eigenvalue weighted by molar-refractivity contribution is 0.0160. The number of amides is 2. The molecule has 1 fully saturated rings. The number of hydrogen-bond donors (Lipinski definition) is 3. The van der Waals surface area contributed by atoms with Gasteiger partial charge in [-0.3, -0.25) is 0 Å². The van der Waals surface area contributed by atoms with Gasteiger partial charge in [0, 0.05) is 4.88 Å². The molecule has 3 N–H and O–H groups in total. The van der Waals surface area contributed by atoms with Crippen LogP contribution in [0.5, 0.6) is 0 Å². The molecular formula is C17H20N2O2S. The largest absolute Gasteiger partial charge is 0.383 e. The zero-order valence-corrected chi connectivity index (χ0v) is 13.1. The van der Waals surface area contributed by atoms with Crippen molar-refractivity contribution < 1.29 is 9.90 Å². The van der Waals surface area contributed by atoms with Crippen LogP contribution in [0.3, 0.4) is 0 Å². The van der Waals surface area contributed by atoms with Crippen LogP contribution in [0.25, 0.3) is 0 Å². The number of hydrogen-bond acceptors (Lipinski definition) is 3. The third-order valence-electron chi connectivity index (χ3n) is 4.05. The van der Waals surface area contributed by atoms with Crippen LogP contribution in [0, 0.1) is 5.92 Å². The maximum Gasteiger partial charge on any atom is 0.315 e. The topological polar surface area (TPSA) is 61.4 Å². The molecule has 4 nitrogen and oxygen atoms in total. The van der Waals surface area contributed by atoms with E-state index >= 15 is 0 Å². The van der Waals surface area contributed by atoms with Gasteiger partial charge in [-0.25, -0.2) is 4.79 Å². The molecule has 22 heavy (non-hydrogen) atoms. The second kappa shape index (κ2) is 6.50. The molecule has 1 saturated carbocycles. The van der Waals surface area contributed by atoms with Crippen molar-refractivity contribution in [2.45, 2.75) is 25.0 Å². The monoisotopic (exact) mass is 316 g/mol. The molecule has 0 spiro atoms. The molecule has 2 aromatic rings. The van der Waals surface area contributed by atoms with Gasteiger partial charge in [0.15, 0.2) is 0 Å². The summed E-state index contributed by atoms with van der Waals surface area (Å²) in [4.78, 5) is 13.0. The van der Waals surface area contributed by atoms with Crippen LogP contribution in [0.1, 0.15) is 23.3 Å². The maximum atomic E-state index is 11.9. The van der Waals surface area contributed by atoms with Gasteiger partial charge >= 0.3 is 6.03 Å². The van der Waals surface area contributed by atoms with Crippen LogP contribution in [0.15, 0.2) is 47.8 Å². The predicted molar refractivity (Wildman–Crippen MR) is 87.6 cm³/mol. The van der Waals surface area contributed by atoms with Crippen LogP contribution >= 0.6 is 11.3 Å². The standard InChI is InChI=1S/C17H20N2O2S/c20-16(18-11-15-7-4-10-22-15)19-12-17(21,14-8-9-14)13-5-2-1-3-6-13/h1-7,10,14,21H,8-9,11-12H2,(H2,18,19,20). The number of carbonyl (C=O) groups is 1. The maximum absolute atomic E-state index is 11.9. The average Bonchev–Trinajstić information content (AvgIpc) is 3.29. The number of thiophene rings is 1. The van der Waals surface area contributed by atoms with Gasteiger partial charge in [0.1, 0.15) is 5.60 Å². The Bertz CT molecular complexity index is 611. The van der Waals surface area contributed by atoms with E-state index < -0.39 is 5.60 Å². The van der Waals surface area contributed by atoms with Crippen molar-refractivity contribution in [3.63, 3.8) is 0 Å². The minimum absolute atomic E-state index is 0.229. The zero-order chi connectivity index (χ0) is 15.4. The summed E-state index contributed by atoms with van der Waals surface area (Å²) >= 11 is 1.61. The fourth-order valence-electron chi connectivity index (χ4n) is 2.63. The molecule has 1 unspecified atom stereocenters. The van der Waals surface area contributed by atoms with Crippen molar-refractivity contribution in [1.82, 2.24) is 10.6 Å². The van der Waals surface area contributed by atoms with Gasteiger partial charge in [-0.2, -0.15) is 0 Å². The fourth-order valence-corrected chi connectivity index (χ4v) is 3.27. The van der Waals surface area contributed by atoms with E-state index in [9.17, 15) is 9.90 Å². The van der Waals surface area contributed by atoms with Crippen molar-refractivity contribution >= 4 is 17.4 Å². The van der Waals surface area contributed by atoms with Crippen molar-refractivity contribution in [3.05, 3.63) is 58.3 Å². The highest BCUT2D eigenvalue weighted by Crippen LogP contribution is 2.45. The molecule has 0 radical (unpaired) electrons. The lowest BCUT2D eigenvalue weighted by Crippen LogP contribution is -2.45. The number of benzene rings is 1. The summed E-state index contributed by atoms with van der Waals surface area (Å²) in [6.45, 7) is 0.745. The molecule has 5 heteroatoms. The summed E-state index contributed by atoms with van der Waals surface area (Å²) in [7, 11) is 0. The Hall–Kier alpha value is -1.85. The van der Waals surface area contributed by atoms with E-state index in [-0.39, 0.29) is 18.5 Å². The average molecular weight is 316 g/mol. The number of rotatable bonds is 6. The van der Waals surface area contributed by atoms with Gasteiger partial charge in [0.25, 0.3) is 0 Å². The summed E-state index contributed by atoms with van der Waals surface area (Å²) in [5.74, 6) is 0.229. The first-order valence-electron chi connectivity index (χ1n) is 7.50. The molecular weight excluding hydrogens is 296 g/mol. The van der Waals surface area contributed by atoms with Crippen LogP contribution in [0.4, 0.5) is 4.79 Å². The molecule has 3 rings (SSSR count). The van der Waals surface area contributed by atoms with Gasteiger partial charge in [0.2, 0.25) is 0 Å². The quantitative estimate of drug-likeness (QED) is 0.767. The van der Waals surface area contributed by atoms with Gasteiger partial charge in [-0.1, -0.05) is 36.4 Å². The number of carbonyl (C=O) groups excluding carboxylic acids is 1. The lowest BCUT2D eigenvalue weighted by Gasteiger charge is -2.29. The van der Waals surface area contributed by atoms with E-state index in [1.165, 1.54) is 0 Å². The van der Waals surface area contributed by atoms with E-state index in [2.05, 4.69) is 10.6 Å². The Labute approximate surface area is 134 Å². The molecule has 1 aromatic heterocycles. The summed E-state index contributed by atoms with van der Waals surface area (Å²) in [6, 6.07) is 13.3. The number of aliphatic hydroxyl groups is 1. The lowest BCUT2D eigenvalue weighted by atomic mass is 9.89. The molecule has 2 amide bonds. The van der Waals surface area contributed by atoms with Gasteiger partial charge in [-0.05, 0) is 35.8 Å². The molecule has 0 saturated heterocycles. The Morgan fingerprint density at radius 3 is 2.59 bits per heavy atom. The van der Waals surface area contributed by atoms with E-state index in [4.69, 9.17) is 0 Å². The van der Waals surface area contributed by atoms with Crippen molar-refractivity contribution in [2.75, 3.05) is 6.54 Å². The van der Waals surface area contributed by atoms with Crippen LogP contribution in [-0.2, 0) is 12.1 Å². The van der Waals surface area contributed by atoms with Gasteiger partial charge in [-0.15, -0.1) is 11.3 Å². The molecule has 1 aliphatic carbocycles. The van der Waals surface area contributed by atoms with Crippen molar-refractivity contribution in [1.29, 1.82) is 0 Å². The van der Waals surface area contributed by atoms with Crippen LogP contribution in [0.2, 0.25) is 0 Å². The fraction of sp³-hybridized carbons (Fsp3) is 0.353. The van der Waals surface area contributed by atoms with E-state index in [0.29, 0.717) is 6.54 Å². The number of nitrogens with one attached hydrogen (secondary N) is 2. The van der Waals surface area contributed by atoms with E-state index in [1.807, 2.05) is 47.8 Å². The third-order valence-corrected chi connectivity index (χ3v) is 4.92. The van der Waals surface area contributed by atoms with E-state index in [1.54, 1.807) is 11.3 Å².